The van der Waals surface area contributed by atoms with Gasteiger partial charge in [0.15, 0.2) is 0 Å². The lowest BCUT2D eigenvalue weighted by Gasteiger charge is -2.29. The lowest BCUT2D eigenvalue weighted by Crippen LogP contribution is -2.32. The van der Waals surface area contributed by atoms with Gasteiger partial charge < -0.3 is 5.32 Å². The van der Waals surface area contributed by atoms with Crippen LogP contribution in [0.4, 0.5) is 5.69 Å². The van der Waals surface area contributed by atoms with Crippen molar-refractivity contribution in [2.75, 3.05) is 5.32 Å². The highest BCUT2D eigenvalue weighted by atomic mass is 35.5. The zero-order chi connectivity index (χ0) is 15.1. The van der Waals surface area contributed by atoms with Crippen LogP contribution in [-0.4, -0.2) is 15.8 Å². The van der Waals surface area contributed by atoms with Gasteiger partial charge in [-0.3, -0.25) is 4.79 Å². The monoisotopic (exact) mass is 309 g/mol. The molecule has 1 aromatic heterocycles. The summed E-state index contributed by atoms with van der Waals surface area (Å²) < 4.78 is 1.43. The van der Waals surface area contributed by atoms with Crippen LogP contribution in [0.15, 0.2) is 11.0 Å². The second-order valence-corrected chi connectivity index (χ2v) is 7.37. The van der Waals surface area contributed by atoms with Gasteiger partial charge in [0.25, 0.3) is 5.56 Å². The smallest absolute Gasteiger partial charge is 0.287 e. The molecule has 0 saturated heterocycles. The Labute approximate surface area is 130 Å². The van der Waals surface area contributed by atoms with Crippen molar-refractivity contribution in [3.8, 4) is 0 Å². The molecule has 2 saturated carbocycles. The van der Waals surface area contributed by atoms with E-state index in [2.05, 4.69) is 17.3 Å². The van der Waals surface area contributed by atoms with Gasteiger partial charge in [-0.05, 0) is 57.8 Å². The van der Waals surface area contributed by atoms with E-state index in [1.54, 1.807) is 6.20 Å². The second kappa shape index (κ2) is 5.64. The van der Waals surface area contributed by atoms with Gasteiger partial charge in [0, 0.05) is 6.04 Å². The summed E-state index contributed by atoms with van der Waals surface area (Å²) in [5, 5.41) is 7.92. The van der Waals surface area contributed by atoms with E-state index in [0.29, 0.717) is 17.6 Å². The highest BCUT2D eigenvalue weighted by Gasteiger charge is 2.41. The first-order valence-corrected chi connectivity index (χ1v) is 8.39. The van der Waals surface area contributed by atoms with E-state index < -0.39 is 0 Å². The molecule has 4 unspecified atom stereocenters. The number of rotatable bonds is 4. The first kappa shape index (κ1) is 14.9. The number of hydrogen-bond acceptors (Lipinski definition) is 3. The van der Waals surface area contributed by atoms with Crippen LogP contribution in [0.2, 0.25) is 5.02 Å². The number of aromatic nitrogens is 2. The van der Waals surface area contributed by atoms with E-state index in [4.69, 9.17) is 11.6 Å². The number of fused-ring (bicyclic) bond motifs is 2. The number of hydrogen-bond donors (Lipinski definition) is 1. The summed E-state index contributed by atoms with van der Waals surface area (Å²) in [7, 11) is 0. The molecule has 4 nitrogen and oxygen atoms in total. The average molecular weight is 310 g/mol. The topological polar surface area (TPSA) is 46.9 Å². The predicted molar refractivity (Wildman–Crippen MR) is 85.9 cm³/mol. The van der Waals surface area contributed by atoms with E-state index in [1.807, 2.05) is 13.8 Å². The van der Waals surface area contributed by atoms with E-state index in [0.717, 1.165) is 11.8 Å². The normalized spacial score (nSPS) is 29.1. The van der Waals surface area contributed by atoms with Gasteiger partial charge in [-0.1, -0.05) is 18.0 Å². The molecule has 0 radical (unpaired) electrons. The molecule has 0 amide bonds. The summed E-state index contributed by atoms with van der Waals surface area (Å²) >= 11 is 6.24. The lowest BCUT2D eigenvalue weighted by molar-refractivity contribution is 0.304. The highest BCUT2D eigenvalue weighted by molar-refractivity contribution is 6.32. The molecule has 3 rings (SSSR count). The minimum absolute atomic E-state index is 0.0204. The van der Waals surface area contributed by atoms with Crippen LogP contribution in [0, 0.1) is 17.8 Å². The third kappa shape index (κ3) is 2.70. The molecule has 0 aromatic carbocycles. The molecule has 1 aromatic rings. The standard InChI is InChI=1S/C16H24ClN3O/c1-9(2)20-16(21)15(17)14(8-18-20)19-10(3)13-7-11-4-5-12(13)6-11/h8-13,19H,4-7H2,1-3H3. The summed E-state index contributed by atoms with van der Waals surface area (Å²) in [5.74, 6) is 2.47. The summed E-state index contributed by atoms with van der Waals surface area (Å²) in [6.45, 7) is 6.06. The third-order valence-corrected chi connectivity index (χ3v) is 5.62. The quantitative estimate of drug-likeness (QED) is 0.922. The van der Waals surface area contributed by atoms with Gasteiger partial charge in [0.1, 0.15) is 5.02 Å². The fourth-order valence-corrected chi connectivity index (χ4v) is 4.36. The van der Waals surface area contributed by atoms with Crippen molar-refractivity contribution in [2.24, 2.45) is 17.8 Å². The van der Waals surface area contributed by atoms with E-state index >= 15 is 0 Å². The maximum Gasteiger partial charge on any atom is 0.287 e. The van der Waals surface area contributed by atoms with Crippen molar-refractivity contribution < 1.29 is 0 Å². The fraction of sp³-hybridized carbons (Fsp3) is 0.750. The number of nitrogens with one attached hydrogen (secondary N) is 1. The average Bonchev–Trinajstić information content (AvgIpc) is 3.06. The Morgan fingerprint density at radius 1 is 1.33 bits per heavy atom. The minimum atomic E-state index is -0.211. The van der Waals surface area contributed by atoms with Crippen molar-refractivity contribution in [1.82, 2.24) is 9.78 Å². The van der Waals surface area contributed by atoms with Gasteiger partial charge in [0.05, 0.1) is 17.9 Å². The SMILES string of the molecule is CC(Nc1cnn(C(C)C)c(=O)c1Cl)C1CC2CCC1C2. The van der Waals surface area contributed by atoms with Crippen LogP contribution in [-0.2, 0) is 0 Å². The summed E-state index contributed by atoms with van der Waals surface area (Å²) in [5.41, 5.74) is 0.464. The van der Waals surface area contributed by atoms with Crippen molar-refractivity contribution in [3.63, 3.8) is 0 Å². The maximum absolute atomic E-state index is 12.2. The van der Waals surface area contributed by atoms with Crippen LogP contribution in [0.25, 0.3) is 0 Å². The zero-order valence-electron chi connectivity index (χ0n) is 13.0. The molecule has 2 bridgehead atoms. The molecule has 4 atom stereocenters. The van der Waals surface area contributed by atoms with Crippen LogP contribution in [0.3, 0.4) is 0 Å². The van der Waals surface area contributed by atoms with Gasteiger partial charge in [-0.25, -0.2) is 4.68 Å². The Bertz CT molecular complexity index is 583. The Morgan fingerprint density at radius 2 is 2.10 bits per heavy atom. The molecule has 116 valence electrons. The van der Waals surface area contributed by atoms with E-state index in [9.17, 15) is 4.79 Å². The van der Waals surface area contributed by atoms with E-state index in [1.165, 1.54) is 30.4 Å². The highest BCUT2D eigenvalue weighted by Crippen LogP contribution is 2.49. The number of halogens is 1. The minimum Gasteiger partial charge on any atom is -0.380 e. The van der Waals surface area contributed by atoms with Crippen LogP contribution in [0.1, 0.15) is 52.5 Å². The van der Waals surface area contributed by atoms with Crippen LogP contribution >= 0.6 is 11.6 Å². The molecule has 1 N–H and O–H groups in total. The Hall–Kier alpha value is -1.03. The molecule has 2 aliphatic carbocycles. The fourth-order valence-electron chi connectivity index (χ4n) is 4.17. The van der Waals surface area contributed by atoms with Crippen molar-refractivity contribution in [1.29, 1.82) is 0 Å². The second-order valence-electron chi connectivity index (χ2n) is 6.99. The van der Waals surface area contributed by atoms with Crippen molar-refractivity contribution in [3.05, 3.63) is 21.6 Å². The molecule has 2 fully saturated rings. The van der Waals surface area contributed by atoms with Crippen molar-refractivity contribution in [2.45, 2.75) is 58.5 Å². The number of nitrogens with zero attached hydrogens (tertiary/aromatic N) is 2. The largest absolute Gasteiger partial charge is 0.380 e. The Balaban J connectivity index is 1.76. The van der Waals surface area contributed by atoms with Gasteiger partial charge in [0.2, 0.25) is 0 Å². The zero-order valence-corrected chi connectivity index (χ0v) is 13.7. The molecule has 0 spiro atoms. The van der Waals surface area contributed by atoms with Gasteiger partial charge in [-0.2, -0.15) is 5.10 Å². The molecule has 21 heavy (non-hydrogen) atoms. The summed E-state index contributed by atoms with van der Waals surface area (Å²) in [4.78, 5) is 12.2. The van der Waals surface area contributed by atoms with Crippen LogP contribution < -0.4 is 10.9 Å². The predicted octanol–water partition coefficient (Wildman–Crippen LogP) is 3.71. The lowest BCUT2D eigenvalue weighted by atomic mass is 9.84. The summed E-state index contributed by atoms with van der Waals surface area (Å²) in [6.07, 6.45) is 7.15. The van der Waals surface area contributed by atoms with Crippen LogP contribution in [0.5, 0.6) is 0 Å². The molecule has 1 heterocycles. The summed E-state index contributed by atoms with van der Waals surface area (Å²) in [6, 6.07) is 0.362. The third-order valence-electron chi connectivity index (χ3n) is 5.25. The Morgan fingerprint density at radius 3 is 2.67 bits per heavy atom. The van der Waals surface area contributed by atoms with Crippen molar-refractivity contribution >= 4 is 17.3 Å². The van der Waals surface area contributed by atoms with Gasteiger partial charge >= 0.3 is 0 Å². The molecular weight excluding hydrogens is 286 g/mol. The first-order valence-electron chi connectivity index (χ1n) is 8.01. The molecule has 5 heteroatoms. The van der Waals surface area contributed by atoms with Gasteiger partial charge in [-0.15, -0.1) is 0 Å². The number of anilines is 1. The molecular formula is C16H24ClN3O. The molecule has 0 aliphatic heterocycles. The first-order chi connectivity index (χ1) is 9.97. The maximum atomic E-state index is 12.2. The Kier molecular flexibility index (Phi) is 4.00. The van der Waals surface area contributed by atoms with E-state index in [-0.39, 0.29) is 16.6 Å². The molecule has 2 aliphatic rings.